The van der Waals surface area contributed by atoms with Gasteiger partial charge < -0.3 is 0 Å². The van der Waals surface area contributed by atoms with E-state index in [-0.39, 0.29) is 0 Å². The second-order valence-electron chi connectivity index (χ2n) is 7.60. The van der Waals surface area contributed by atoms with Crippen molar-refractivity contribution in [2.24, 2.45) is 0 Å². The summed E-state index contributed by atoms with van der Waals surface area (Å²) in [5.41, 5.74) is 13.2. The van der Waals surface area contributed by atoms with E-state index in [0.29, 0.717) is 0 Å². The molecule has 0 nitrogen and oxygen atoms in total. The Balaban J connectivity index is 2.33. The quantitative estimate of drug-likeness (QED) is 0.413. The lowest BCUT2D eigenvalue weighted by Gasteiger charge is -2.24. The lowest BCUT2D eigenvalue weighted by Crippen LogP contribution is -2.10. The van der Waals surface area contributed by atoms with Gasteiger partial charge in [-0.15, -0.1) is 0 Å². The van der Waals surface area contributed by atoms with Crippen LogP contribution in [0.25, 0.3) is 11.1 Å². The van der Waals surface area contributed by atoms with Crippen molar-refractivity contribution in [1.29, 1.82) is 0 Å². The van der Waals surface area contributed by atoms with Gasteiger partial charge in [0.1, 0.15) is 0 Å². The zero-order valence-corrected chi connectivity index (χ0v) is 16.7. The molecule has 0 heterocycles. The topological polar surface area (TPSA) is 0 Å². The largest absolute Gasteiger partial charge is 0.0651 e. The van der Waals surface area contributed by atoms with E-state index in [1.54, 1.807) is 38.9 Å². The zero-order valence-electron chi connectivity index (χ0n) is 16.7. The molecule has 0 atom stereocenters. The van der Waals surface area contributed by atoms with E-state index < -0.39 is 0 Å². The minimum Gasteiger partial charge on any atom is -0.0651 e. The van der Waals surface area contributed by atoms with E-state index in [2.05, 4.69) is 52.0 Å². The highest BCUT2D eigenvalue weighted by Crippen LogP contribution is 2.45. The third-order valence-corrected chi connectivity index (χ3v) is 5.71. The van der Waals surface area contributed by atoms with Crippen LogP contribution in [-0.2, 0) is 32.1 Å². The van der Waals surface area contributed by atoms with Gasteiger partial charge in [-0.3, -0.25) is 0 Å². The molecule has 0 saturated carbocycles. The molecule has 0 unspecified atom stereocenters. The van der Waals surface area contributed by atoms with Crippen LogP contribution in [0.3, 0.4) is 0 Å². The van der Waals surface area contributed by atoms with Gasteiger partial charge in [-0.1, -0.05) is 77.6 Å². The fourth-order valence-electron chi connectivity index (χ4n) is 4.84. The Hall–Kier alpha value is -1.56. The monoisotopic (exact) mass is 334 g/mol. The average molecular weight is 335 g/mol. The van der Waals surface area contributed by atoms with Gasteiger partial charge in [0.05, 0.1) is 0 Å². The van der Waals surface area contributed by atoms with Crippen molar-refractivity contribution in [3.8, 4) is 11.1 Å². The highest BCUT2D eigenvalue weighted by Gasteiger charge is 2.28. The van der Waals surface area contributed by atoms with Gasteiger partial charge in [-0.25, -0.2) is 0 Å². The smallest absolute Gasteiger partial charge is 0.00105 e. The summed E-state index contributed by atoms with van der Waals surface area (Å²) in [5, 5.41) is 0. The summed E-state index contributed by atoms with van der Waals surface area (Å²) in [6.45, 7) is 9.35. The van der Waals surface area contributed by atoms with E-state index in [1.165, 1.54) is 56.9 Å². The molecule has 0 bridgehead atoms. The van der Waals surface area contributed by atoms with E-state index in [9.17, 15) is 0 Å². The molecule has 2 aromatic rings. The van der Waals surface area contributed by atoms with Gasteiger partial charge in [-0.2, -0.15) is 0 Å². The normalized spacial score (nSPS) is 12.3. The summed E-state index contributed by atoms with van der Waals surface area (Å²) < 4.78 is 0. The number of fused-ring (bicyclic) bond motifs is 3. The van der Waals surface area contributed by atoms with Gasteiger partial charge in [0.15, 0.2) is 0 Å². The Morgan fingerprint density at radius 3 is 1.80 bits per heavy atom. The zero-order chi connectivity index (χ0) is 17.8. The molecule has 0 heteroatoms. The molecule has 0 fully saturated rings. The molecule has 1 aliphatic rings. The Bertz CT molecular complexity index is 736. The second kappa shape index (κ2) is 8.21. The van der Waals surface area contributed by atoms with Crippen LogP contribution in [0, 0.1) is 0 Å². The van der Waals surface area contributed by atoms with E-state index >= 15 is 0 Å². The van der Waals surface area contributed by atoms with E-state index in [4.69, 9.17) is 0 Å². The molecule has 2 aromatic carbocycles. The minimum absolute atomic E-state index is 1.15. The lowest BCUT2D eigenvalue weighted by molar-refractivity contribution is 0.797. The molecule has 0 amide bonds. The summed E-state index contributed by atoms with van der Waals surface area (Å²) in [5.74, 6) is 0. The average Bonchev–Trinajstić information content (AvgIpc) is 3.00. The Labute approximate surface area is 154 Å². The summed E-state index contributed by atoms with van der Waals surface area (Å²) in [7, 11) is 0. The summed E-state index contributed by atoms with van der Waals surface area (Å²) in [6, 6.07) is 9.15. The van der Waals surface area contributed by atoms with Crippen LogP contribution in [0.4, 0.5) is 0 Å². The molecule has 0 N–H and O–H groups in total. The third kappa shape index (κ3) is 3.28. The van der Waals surface area contributed by atoms with Crippen LogP contribution >= 0.6 is 0 Å². The van der Waals surface area contributed by atoms with Crippen molar-refractivity contribution in [3.63, 3.8) is 0 Å². The SMILES string of the molecule is CCCc1c(CCC)c(CCC)c2c(c1CCC)Cc1ccccc1-2. The maximum Gasteiger partial charge on any atom is -0.00105 e. The van der Waals surface area contributed by atoms with Gasteiger partial charge >= 0.3 is 0 Å². The van der Waals surface area contributed by atoms with Crippen molar-refractivity contribution < 1.29 is 0 Å². The van der Waals surface area contributed by atoms with Crippen LogP contribution in [0.1, 0.15) is 86.8 Å². The maximum atomic E-state index is 2.37. The molecule has 0 aromatic heterocycles. The Morgan fingerprint density at radius 2 is 1.16 bits per heavy atom. The van der Waals surface area contributed by atoms with Crippen LogP contribution in [0.15, 0.2) is 24.3 Å². The van der Waals surface area contributed by atoms with Gasteiger partial charge in [0.2, 0.25) is 0 Å². The van der Waals surface area contributed by atoms with Crippen molar-refractivity contribution >= 4 is 0 Å². The van der Waals surface area contributed by atoms with Gasteiger partial charge in [0.25, 0.3) is 0 Å². The number of rotatable bonds is 8. The van der Waals surface area contributed by atoms with Crippen LogP contribution in [-0.4, -0.2) is 0 Å². The standard InChI is InChI=1S/C25H34/c1-5-11-20-21(12-6-2)23(14-8-4)25-19-16-10-9-15-18(19)17-24(25)22(20)13-7-3/h9-10,15-16H,5-8,11-14,17H2,1-4H3. The van der Waals surface area contributed by atoms with E-state index in [0.717, 1.165) is 6.42 Å². The fourth-order valence-corrected chi connectivity index (χ4v) is 4.84. The molecule has 134 valence electrons. The Kier molecular flexibility index (Phi) is 5.99. The third-order valence-electron chi connectivity index (χ3n) is 5.71. The molecule has 0 radical (unpaired) electrons. The van der Waals surface area contributed by atoms with Crippen molar-refractivity contribution in [3.05, 3.63) is 57.6 Å². The van der Waals surface area contributed by atoms with Crippen LogP contribution < -0.4 is 0 Å². The summed E-state index contributed by atoms with van der Waals surface area (Å²) in [4.78, 5) is 0. The molecule has 3 rings (SSSR count). The number of benzene rings is 2. The van der Waals surface area contributed by atoms with Gasteiger partial charge in [-0.05, 0) is 76.6 Å². The van der Waals surface area contributed by atoms with Crippen molar-refractivity contribution in [2.75, 3.05) is 0 Å². The highest BCUT2D eigenvalue weighted by molar-refractivity contribution is 5.83. The number of hydrogen-bond acceptors (Lipinski definition) is 0. The van der Waals surface area contributed by atoms with Gasteiger partial charge in [0, 0.05) is 0 Å². The van der Waals surface area contributed by atoms with Crippen LogP contribution in [0.2, 0.25) is 0 Å². The first-order valence-electron chi connectivity index (χ1n) is 10.5. The van der Waals surface area contributed by atoms with Crippen molar-refractivity contribution in [2.45, 2.75) is 85.5 Å². The second-order valence-corrected chi connectivity index (χ2v) is 7.60. The lowest BCUT2D eigenvalue weighted by atomic mass is 9.80. The predicted molar refractivity (Wildman–Crippen MR) is 111 cm³/mol. The minimum atomic E-state index is 1.15. The Morgan fingerprint density at radius 1 is 0.640 bits per heavy atom. The predicted octanol–water partition coefficient (Wildman–Crippen LogP) is 7.07. The maximum absolute atomic E-state index is 2.37. The molecule has 0 saturated heterocycles. The van der Waals surface area contributed by atoms with Crippen LogP contribution in [0.5, 0.6) is 0 Å². The molecule has 0 spiro atoms. The van der Waals surface area contributed by atoms with Crippen molar-refractivity contribution in [1.82, 2.24) is 0 Å². The molecular weight excluding hydrogens is 300 g/mol. The molecule has 25 heavy (non-hydrogen) atoms. The first kappa shape index (κ1) is 18.2. The summed E-state index contributed by atoms with van der Waals surface area (Å²) in [6.07, 6.45) is 11.1. The first-order chi connectivity index (χ1) is 12.3. The molecule has 0 aliphatic heterocycles. The van der Waals surface area contributed by atoms with E-state index in [1.807, 2.05) is 0 Å². The summed E-state index contributed by atoms with van der Waals surface area (Å²) >= 11 is 0. The molecular formula is C25H34. The first-order valence-corrected chi connectivity index (χ1v) is 10.5. The molecule has 1 aliphatic carbocycles. The fraction of sp³-hybridized carbons (Fsp3) is 0.520. The highest BCUT2D eigenvalue weighted by atomic mass is 14.3. The number of hydrogen-bond donors (Lipinski definition) is 0.